The summed E-state index contributed by atoms with van der Waals surface area (Å²) in [6, 6.07) is 39.7. The van der Waals surface area contributed by atoms with Crippen LogP contribution < -0.4 is 0 Å². The Labute approximate surface area is 361 Å². The third-order valence-electron chi connectivity index (χ3n) is 11.3. The standard InChI is InChI=1S/C53H49BrN6/c1-32-8-14-35(15-9-32)49-41-20-22-43(55-41)50(36-16-10-33(2)11-17-36)45-24-26-47(57-45)52(38-28-39(30-59(4)5)53(54)40(29-38)31-60(6)7)48-27-25-46(58-48)51(44-23-21-42(49)56-44)37-18-12-34(3)13-19-37/h8-29,55,58H,30-31H2,1-7H3. The van der Waals surface area contributed by atoms with Crippen molar-refractivity contribution < 1.29 is 0 Å². The van der Waals surface area contributed by atoms with E-state index in [-0.39, 0.29) is 0 Å². The van der Waals surface area contributed by atoms with Crippen molar-refractivity contribution in [2.24, 2.45) is 0 Å². The highest BCUT2D eigenvalue weighted by Crippen LogP contribution is 2.40. The van der Waals surface area contributed by atoms with Gasteiger partial charge in [-0.1, -0.05) is 105 Å². The Morgan fingerprint density at radius 2 is 0.700 bits per heavy atom. The molecule has 0 aliphatic carbocycles. The molecule has 4 aromatic carbocycles. The molecule has 5 heterocycles. The highest BCUT2D eigenvalue weighted by molar-refractivity contribution is 9.10. The molecule has 298 valence electrons. The summed E-state index contributed by atoms with van der Waals surface area (Å²) >= 11 is 4.01. The number of nitrogens with one attached hydrogen (secondary N) is 2. The molecule has 0 atom stereocenters. The van der Waals surface area contributed by atoms with Gasteiger partial charge in [-0.2, -0.15) is 0 Å². The van der Waals surface area contributed by atoms with E-state index in [1.165, 1.54) is 27.8 Å². The Hall–Kier alpha value is -6.12. The zero-order chi connectivity index (χ0) is 41.7. The molecule has 9 rings (SSSR count). The largest absolute Gasteiger partial charge is 0.354 e. The minimum atomic E-state index is 0.788. The van der Waals surface area contributed by atoms with E-state index in [0.717, 1.165) is 107 Å². The highest BCUT2D eigenvalue weighted by Gasteiger charge is 2.21. The molecule has 0 fully saturated rings. The predicted octanol–water partition coefficient (Wildman–Crippen LogP) is 13.1. The average molecular weight is 850 g/mol. The van der Waals surface area contributed by atoms with Gasteiger partial charge >= 0.3 is 0 Å². The van der Waals surface area contributed by atoms with E-state index in [2.05, 4.69) is 218 Å². The molecule has 8 bridgehead atoms. The van der Waals surface area contributed by atoms with Crippen LogP contribution in [-0.2, 0) is 13.1 Å². The number of halogens is 1. The molecule has 0 radical (unpaired) electrons. The van der Waals surface area contributed by atoms with Gasteiger partial charge in [0, 0.05) is 61.9 Å². The van der Waals surface area contributed by atoms with E-state index in [9.17, 15) is 0 Å². The number of aromatic nitrogens is 4. The molecule has 0 saturated carbocycles. The van der Waals surface area contributed by atoms with Crippen LogP contribution in [0.1, 0.15) is 50.6 Å². The zero-order valence-electron chi connectivity index (χ0n) is 35.3. The lowest BCUT2D eigenvalue weighted by atomic mass is 9.97. The Bertz CT molecular complexity index is 2920. The summed E-state index contributed by atoms with van der Waals surface area (Å²) in [5.41, 5.74) is 22.2. The quantitative estimate of drug-likeness (QED) is 0.160. The average Bonchev–Trinajstić information content (AvgIpc) is 4.06. The van der Waals surface area contributed by atoms with Crippen LogP contribution in [0.25, 0.3) is 90.9 Å². The monoisotopic (exact) mass is 848 g/mol. The van der Waals surface area contributed by atoms with Gasteiger partial charge in [0.25, 0.3) is 0 Å². The van der Waals surface area contributed by atoms with Crippen LogP contribution in [0.5, 0.6) is 0 Å². The maximum atomic E-state index is 5.56. The fraction of sp³-hybridized carbons (Fsp3) is 0.170. The van der Waals surface area contributed by atoms with Gasteiger partial charge < -0.3 is 19.8 Å². The maximum Gasteiger partial charge on any atom is 0.0737 e. The number of fused-ring (bicyclic) bond motifs is 8. The lowest BCUT2D eigenvalue weighted by Gasteiger charge is -2.19. The van der Waals surface area contributed by atoms with E-state index in [1.54, 1.807) is 0 Å². The van der Waals surface area contributed by atoms with Gasteiger partial charge in [-0.05, 0) is 143 Å². The Kier molecular flexibility index (Phi) is 10.6. The van der Waals surface area contributed by atoms with Crippen LogP contribution in [0.3, 0.4) is 0 Å². The molecule has 0 saturated heterocycles. The minimum Gasteiger partial charge on any atom is -0.354 e. The molecule has 0 spiro atoms. The summed E-state index contributed by atoms with van der Waals surface area (Å²) in [5, 5.41) is 0. The molecular weight excluding hydrogens is 801 g/mol. The van der Waals surface area contributed by atoms with Crippen LogP contribution in [-0.4, -0.2) is 57.9 Å². The number of aromatic amines is 2. The van der Waals surface area contributed by atoms with Crippen LogP contribution in [0.15, 0.2) is 114 Å². The van der Waals surface area contributed by atoms with Crippen LogP contribution in [0.4, 0.5) is 0 Å². The summed E-state index contributed by atoms with van der Waals surface area (Å²) in [6.07, 6.45) is 8.68. The van der Waals surface area contributed by atoms with Crippen LogP contribution in [0, 0.1) is 20.8 Å². The molecule has 2 N–H and O–H groups in total. The van der Waals surface area contributed by atoms with Gasteiger partial charge in [0.2, 0.25) is 0 Å². The number of hydrogen-bond donors (Lipinski definition) is 2. The minimum absolute atomic E-state index is 0.788. The first-order valence-corrected chi connectivity index (χ1v) is 21.3. The number of hydrogen-bond acceptors (Lipinski definition) is 4. The fourth-order valence-corrected chi connectivity index (χ4v) is 8.87. The van der Waals surface area contributed by atoms with Crippen LogP contribution >= 0.6 is 15.9 Å². The van der Waals surface area contributed by atoms with Crippen molar-refractivity contribution in [2.75, 3.05) is 28.2 Å². The zero-order valence-corrected chi connectivity index (χ0v) is 36.9. The van der Waals surface area contributed by atoms with Gasteiger partial charge in [0.1, 0.15) is 0 Å². The summed E-state index contributed by atoms with van der Waals surface area (Å²) < 4.78 is 1.14. The van der Waals surface area contributed by atoms with E-state index < -0.39 is 0 Å². The Balaban J connectivity index is 1.46. The number of aryl methyl sites for hydroxylation is 3. The summed E-state index contributed by atoms with van der Waals surface area (Å²) in [4.78, 5) is 23.3. The number of nitrogens with zero attached hydrogens (tertiary/aromatic N) is 4. The maximum absolute atomic E-state index is 5.56. The highest BCUT2D eigenvalue weighted by atomic mass is 79.9. The van der Waals surface area contributed by atoms with E-state index in [0.29, 0.717) is 0 Å². The topological polar surface area (TPSA) is 63.8 Å². The number of H-pyrrole nitrogens is 2. The second-order valence-corrected chi connectivity index (χ2v) is 17.5. The first kappa shape index (κ1) is 39.3. The van der Waals surface area contributed by atoms with Gasteiger partial charge in [-0.25, -0.2) is 9.97 Å². The summed E-state index contributed by atoms with van der Waals surface area (Å²) in [6.45, 7) is 7.96. The Morgan fingerprint density at radius 1 is 0.417 bits per heavy atom. The van der Waals surface area contributed by atoms with Crippen molar-refractivity contribution in [3.8, 4) is 44.5 Å². The van der Waals surface area contributed by atoms with Crippen molar-refractivity contribution in [3.63, 3.8) is 0 Å². The molecule has 2 aliphatic heterocycles. The number of rotatable bonds is 8. The second-order valence-electron chi connectivity index (χ2n) is 16.7. The summed E-state index contributed by atoms with van der Waals surface area (Å²) in [7, 11) is 8.48. The van der Waals surface area contributed by atoms with E-state index in [4.69, 9.17) is 9.97 Å². The normalized spacial score (nSPS) is 12.3. The molecule has 7 heteroatoms. The smallest absolute Gasteiger partial charge is 0.0737 e. The van der Waals surface area contributed by atoms with Crippen molar-refractivity contribution in [2.45, 2.75) is 33.9 Å². The molecular formula is C53H49BrN6. The third kappa shape index (κ3) is 7.72. The van der Waals surface area contributed by atoms with Gasteiger partial charge in [-0.3, -0.25) is 0 Å². The second kappa shape index (κ2) is 16.1. The third-order valence-corrected chi connectivity index (χ3v) is 12.3. The van der Waals surface area contributed by atoms with Crippen molar-refractivity contribution in [1.82, 2.24) is 29.7 Å². The predicted molar refractivity (Wildman–Crippen MR) is 257 cm³/mol. The SMILES string of the molecule is Cc1ccc(-c2c3nc(c(-c4ccc(C)cc4)c4ccc([nH]4)c(-c4cc(CN(C)C)c(Br)c(CN(C)C)c4)c4nc(c(-c5ccc(C)cc5)c5ccc2[nH]5)C=C4)C=C3)cc1. The van der Waals surface area contributed by atoms with E-state index in [1.807, 2.05) is 0 Å². The van der Waals surface area contributed by atoms with Crippen LogP contribution in [0.2, 0.25) is 0 Å². The Morgan fingerprint density at radius 3 is 0.983 bits per heavy atom. The fourth-order valence-electron chi connectivity index (χ4n) is 8.39. The van der Waals surface area contributed by atoms with Gasteiger partial charge in [-0.15, -0.1) is 0 Å². The molecule has 0 unspecified atom stereocenters. The number of benzene rings is 4. The summed E-state index contributed by atoms with van der Waals surface area (Å²) in [5.74, 6) is 0. The molecule has 7 aromatic rings. The van der Waals surface area contributed by atoms with Gasteiger partial charge in [0.05, 0.1) is 22.8 Å². The van der Waals surface area contributed by atoms with Crippen molar-refractivity contribution >= 4 is 62.3 Å². The molecule has 2 aliphatic rings. The molecule has 60 heavy (non-hydrogen) atoms. The molecule has 3 aromatic heterocycles. The molecule has 6 nitrogen and oxygen atoms in total. The van der Waals surface area contributed by atoms with Crippen molar-refractivity contribution in [3.05, 3.63) is 164 Å². The molecule has 0 amide bonds. The van der Waals surface area contributed by atoms with Gasteiger partial charge in [0.15, 0.2) is 0 Å². The van der Waals surface area contributed by atoms with E-state index >= 15 is 0 Å². The lowest BCUT2D eigenvalue weighted by molar-refractivity contribution is 0.394. The first-order valence-electron chi connectivity index (χ1n) is 20.5. The lowest BCUT2D eigenvalue weighted by Crippen LogP contribution is -2.14. The first-order chi connectivity index (χ1) is 29.0. The van der Waals surface area contributed by atoms with Crippen molar-refractivity contribution in [1.29, 1.82) is 0 Å².